The monoisotopic (exact) mass is 327 g/mol. The van der Waals surface area contributed by atoms with Gasteiger partial charge in [-0.05, 0) is 57.7 Å². The van der Waals surface area contributed by atoms with Gasteiger partial charge in [-0.1, -0.05) is 29.8 Å². The molecule has 4 heteroatoms. The van der Waals surface area contributed by atoms with Gasteiger partial charge in [-0.2, -0.15) is 0 Å². The average Bonchev–Trinajstić information content (AvgIpc) is 2.30. The van der Waals surface area contributed by atoms with Crippen molar-refractivity contribution in [2.75, 3.05) is 0 Å². The first-order chi connectivity index (χ1) is 8.49. The number of benzene rings is 2. The Labute approximate surface area is 119 Å². The maximum atomic E-state index is 13.4. The molecule has 2 N–H and O–H groups in total. The fourth-order valence-electron chi connectivity index (χ4n) is 1.88. The Balaban J connectivity index is 2.47. The lowest BCUT2D eigenvalue weighted by molar-refractivity contribution is 0.622. The number of aryl methyl sites for hydroxylation is 1. The molecule has 0 saturated carbocycles. The van der Waals surface area contributed by atoms with Crippen molar-refractivity contribution >= 4 is 27.5 Å². The molecule has 0 fully saturated rings. The fourth-order valence-corrected chi connectivity index (χ4v) is 2.51. The first-order valence-corrected chi connectivity index (χ1v) is 6.62. The van der Waals surface area contributed by atoms with Gasteiger partial charge in [-0.15, -0.1) is 0 Å². The van der Waals surface area contributed by atoms with Gasteiger partial charge in [0.15, 0.2) is 0 Å². The highest BCUT2D eigenvalue weighted by molar-refractivity contribution is 9.10. The topological polar surface area (TPSA) is 26.0 Å². The Morgan fingerprint density at radius 3 is 2.67 bits per heavy atom. The molecule has 0 aliphatic rings. The summed E-state index contributed by atoms with van der Waals surface area (Å²) in [4.78, 5) is 0. The summed E-state index contributed by atoms with van der Waals surface area (Å²) in [5.74, 6) is -0.286. The number of rotatable bonds is 2. The van der Waals surface area contributed by atoms with E-state index >= 15 is 0 Å². The average molecular weight is 329 g/mol. The smallest absolute Gasteiger partial charge is 0.123 e. The number of nitrogens with two attached hydrogens (primary N) is 1. The molecule has 1 nitrogen and oxygen atoms in total. The van der Waals surface area contributed by atoms with Crippen molar-refractivity contribution in [3.8, 4) is 0 Å². The minimum Gasteiger partial charge on any atom is -0.320 e. The third kappa shape index (κ3) is 2.74. The predicted octanol–water partition coefficient (Wildman–Crippen LogP) is 4.60. The van der Waals surface area contributed by atoms with Gasteiger partial charge < -0.3 is 5.73 Å². The van der Waals surface area contributed by atoms with Gasteiger partial charge in [0, 0.05) is 4.47 Å². The van der Waals surface area contributed by atoms with Gasteiger partial charge in [0.05, 0.1) is 11.1 Å². The van der Waals surface area contributed by atoms with Crippen LogP contribution in [0.25, 0.3) is 0 Å². The molecule has 2 aromatic rings. The van der Waals surface area contributed by atoms with Crippen molar-refractivity contribution in [2.45, 2.75) is 13.0 Å². The first-order valence-electron chi connectivity index (χ1n) is 5.45. The second-order valence-corrected chi connectivity index (χ2v) is 5.41. The molecule has 0 bridgehead atoms. The summed E-state index contributed by atoms with van der Waals surface area (Å²) in [6.07, 6.45) is 0. The Morgan fingerprint density at radius 1 is 1.28 bits per heavy atom. The standard InChI is InChI=1S/C14H12BrClFN/c1-8-5-9(7-10(17)6-8)14(18)11-3-2-4-12(15)13(11)16/h2-7,14H,18H2,1H3. The van der Waals surface area contributed by atoms with Gasteiger partial charge in [0.1, 0.15) is 5.82 Å². The van der Waals surface area contributed by atoms with Crippen LogP contribution in [0, 0.1) is 12.7 Å². The van der Waals surface area contributed by atoms with Crippen molar-refractivity contribution in [2.24, 2.45) is 5.73 Å². The minimum atomic E-state index is -0.440. The summed E-state index contributed by atoms with van der Waals surface area (Å²) in [6, 6.07) is 9.88. The zero-order valence-electron chi connectivity index (χ0n) is 9.75. The minimum absolute atomic E-state index is 0.286. The molecule has 0 aliphatic carbocycles. The summed E-state index contributed by atoms with van der Waals surface area (Å²) >= 11 is 9.55. The van der Waals surface area contributed by atoms with Gasteiger partial charge >= 0.3 is 0 Å². The largest absolute Gasteiger partial charge is 0.320 e. The molecule has 0 aliphatic heterocycles. The molecule has 2 aromatic carbocycles. The van der Waals surface area contributed by atoms with Crippen LogP contribution in [0.15, 0.2) is 40.9 Å². The molecule has 0 saturated heterocycles. The Bertz CT molecular complexity index is 566. The van der Waals surface area contributed by atoms with Gasteiger partial charge in [0.25, 0.3) is 0 Å². The van der Waals surface area contributed by atoms with E-state index in [2.05, 4.69) is 15.9 Å². The van der Waals surface area contributed by atoms with E-state index in [1.807, 2.05) is 31.2 Å². The molecule has 2 rings (SSSR count). The van der Waals surface area contributed by atoms with E-state index in [0.29, 0.717) is 10.6 Å². The molecule has 0 amide bonds. The summed E-state index contributed by atoms with van der Waals surface area (Å²) in [6.45, 7) is 1.84. The summed E-state index contributed by atoms with van der Waals surface area (Å²) in [5.41, 5.74) is 8.48. The van der Waals surface area contributed by atoms with Gasteiger partial charge in [-0.3, -0.25) is 0 Å². The second kappa shape index (κ2) is 5.39. The normalized spacial score (nSPS) is 12.5. The van der Waals surface area contributed by atoms with Crippen LogP contribution < -0.4 is 5.73 Å². The maximum Gasteiger partial charge on any atom is 0.123 e. The van der Waals surface area contributed by atoms with Crippen molar-refractivity contribution in [1.29, 1.82) is 0 Å². The lowest BCUT2D eigenvalue weighted by Crippen LogP contribution is -2.13. The van der Waals surface area contributed by atoms with Crippen LogP contribution in [0.1, 0.15) is 22.7 Å². The van der Waals surface area contributed by atoms with E-state index in [1.165, 1.54) is 12.1 Å². The molecule has 0 radical (unpaired) electrons. The summed E-state index contributed by atoms with van der Waals surface area (Å²) in [5, 5.41) is 0.562. The lowest BCUT2D eigenvalue weighted by Gasteiger charge is -2.15. The highest BCUT2D eigenvalue weighted by Gasteiger charge is 2.15. The molecule has 0 aromatic heterocycles. The van der Waals surface area contributed by atoms with Gasteiger partial charge in [-0.25, -0.2) is 4.39 Å². The predicted molar refractivity (Wildman–Crippen MR) is 76.3 cm³/mol. The summed E-state index contributed by atoms with van der Waals surface area (Å²) in [7, 11) is 0. The van der Waals surface area contributed by atoms with Crippen molar-refractivity contribution in [1.82, 2.24) is 0 Å². The highest BCUT2D eigenvalue weighted by atomic mass is 79.9. The van der Waals surface area contributed by atoms with Crippen LogP contribution in [0.3, 0.4) is 0 Å². The van der Waals surface area contributed by atoms with E-state index in [9.17, 15) is 4.39 Å². The first kappa shape index (κ1) is 13.5. The third-order valence-electron chi connectivity index (χ3n) is 2.74. The van der Waals surface area contributed by atoms with Crippen LogP contribution in [0.2, 0.25) is 5.02 Å². The number of hydrogen-bond donors (Lipinski definition) is 1. The fraction of sp³-hybridized carbons (Fsp3) is 0.143. The quantitative estimate of drug-likeness (QED) is 0.856. The molecular formula is C14H12BrClFN. The zero-order valence-corrected chi connectivity index (χ0v) is 12.1. The maximum absolute atomic E-state index is 13.4. The SMILES string of the molecule is Cc1cc(F)cc(C(N)c2cccc(Br)c2Cl)c1. The molecular weight excluding hydrogens is 317 g/mol. The Hall–Kier alpha value is -0.900. The van der Waals surface area contributed by atoms with E-state index < -0.39 is 6.04 Å². The highest BCUT2D eigenvalue weighted by Crippen LogP contribution is 2.32. The van der Waals surface area contributed by atoms with Crippen molar-refractivity contribution in [3.05, 3.63) is 68.4 Å². The Morgan fingerprint density at radius 2 is 2.00 bits per heavy atom. The second-order valence-electron chi connectivity index (χ2n) is 4.18. The van der Waals surface area contributed by atoms with Crippen molar-refractivity contribution < 1.29 is 4.39 Å². The third-order valence-corrected chi connectivity index (χ3v) is 4.05. The van der Waals surface area contributed by atoms with Gasteiger partial charge in [0.2, 0.25) is 0 Å². The molecule has 0 spiro atoms. The van der Waals surface area contributed by atoms with E-state index in [-0.39, 0.29) is 5.82 Å². The number of halogens is 3. The number of hydrogen-bond acceptors (Lipinski definition) is 1. The van der Waals surface area contributed by atoms with Crippen LogP contribution >= 0.6 is 27.5 Å². The van der Waals surface area contributed by atoms with Crippen LogP contribution in [-0.2, 0) is 0 Å². The zero-order chi connectivity index (χ0) is 13.3. The van der Waals surface area contributed by atoms with E-state index in [0.717, 1.165) is 15.6 Å². The Kier molecular flexibility index (Phi) is 4.05. The van der Waals surface area contributed by atoms with E-state index in [1.54, 1.807) is 0 Å². The summed E-state index contributed by atoms with van der Waals surface area (Å²) < 4.78 is 14.2. The van der Waals surface area contributed by atoms with E-state index in [4.69, 9.17) is 17.3 Å². The molecule has 94 valence electrons. The molecule has 1 atom stereocenters. The van der Waals surface area contributed by atoms with Crippen molar-refractivity contribution in [3.63, 3.8) is 0 Å². The molecule has 0 heterocycles. The van der Waals surface area contributed by atoms with Crippen LogP contribution in [-0.4, -0.2) is 0 Å². The lowest BCUT2D eigenvalue weighted by atomic mass is 9.98. The molecule has 1 unspecified atom stereocenters. The van der Waals surface area contributed by atoms with Crippen LogP contribution in [0.4, 0.5) is 4.39 Å². The van der Waals surface area contributed by atoms with Crippen LogP contribution in [0.5, 0.6) is 0 Å². The molecule has 18 heavy (non-hydrogen) atoms.